The molecule has 1 amide bonds. The van der Waals surface area contributed by atoms with Gasteiger partial charge in [0.15, 0.2) is 0 Å². The molecule has 22 heavy (non-hydrogen) atoms. The second-order valence-corrected chi connectivity index (χ2v) is 6.24. The average Bonchev–Trinajstić information content (AvgIpc) is 2.53. The maximum absolute atomic E-state index is 11.7. The largest absolute Gasteiger partial charge is 0.497 e. The van der Waals surface area contributed by atoms with Crippen LogP contribution in [0.3, 0.4) is 0 Å². The van der Waals surface area contributed by atoms with Gasteiger partial charge in [0.25, 0.3) is 0 Å². The van der Waals surface area contributed by atoms with Gasteiger partial charge in [-0.15, -0.1) is 0 Å². The number of ether oxygens (including phenoxy) is 1. The predicted octanol–water partition coefficient (Wildman–Crippen LogP) is 2.06. The van der Waals surface area contributed by atoms with E-state index in [1.807, 2.05) is 24.3 Å². The SMILES string of the molecule is COc1ccc(CSC[C@H](NC(=O)[C@H](C)CS)C(=O)O)cc1. The van der Waals surface area contributed by atoms with Crippen molar-refractivity contribution in [3.05, 3.63) is 29.8 Å². The van der Waals surface area contributed by atoms with Crippen LogP contribution in [-0.2, 0) is 15.3 Å². The van der Waals surface area contributed by atoms with Crippen LogP contribution in [0.4, 0.5) is 0 Å². The fourth-order valence-electron chi connectivity index (χ4n) is 1.59. The van der Waals surface area contributed by atoms with Gasteiger partial charge in [-0.2, -0.15) is 24.4 Å². The van der Waals surface area contributed by atoms with E-state index < -0.39 is 12.0 Å². The second-order valence-electron chi connectivity index (χ2n) is 4.85. The molecular formula is C15H21NO4S2. The number of thiol groups is 1. The molecule has 0 spiro atoms. The molecule has 0 heterocycles. The van der Waals surface area contributed by atoms with E-state index in [1.54, 1.807) is 14.0 Å². The molecule has 0 aliphatic heterocycles. The standard InChI is InChI=1S/C15H21NO4S2/c1-10(7-21)14(17)16-13(15(18)19)9-22-8-11-3-5-12(20-2)6-4-11/h3-6,10,13,21H,7-9H2,1-2H3,(H,16,17)(H,18,19)/t10-,13+/m1/s1. The van der Waals surface area contributed by atoms with Gasteiger partial charge in [0.1, 0.15) is 11.8 Å². The van der Waals surface area contributed by atoms with Crippen LogP contribution in [0.2, 0.25) is 0 Å². The van der Waals surface area contributed by atoms with Crippen LogP contribution in [0.15, 0.2) is 24.3 Å². The Hall–Kier alpha value is -1.34. The monoisotopic (exact) mass is 343 g/mol. The van der Waals surface area contributed by atoms with E-state index in [-0.39, 0.29) is 11.8 Å². The highest BCUT2D eigenvalue weighted by molar-refractivity contribution is 7.98. The third kappa shape index (κ3) is 6.19. The first-order chi connectivity index (χ1) is 10.5. The summed E-state index contributed by atoms with van der Waals surface area (Å²) in [5, 5.41) is 11.7. The lowest BCUT2D eigenvalue weighted by molar-refractivity contribution is -0.141. The highest BCUT2D eigenvalue weighted by atomic mass is 32.2. The molecular weight excluding hydrogens is 322 g/mol. The number of carbonyl (C=O) groups is 2. The first-order valence-electron chi connectivity index (χ1n) is 6.82. The lowest BCUT2D eigenvalue weighted by atomic mass is 10.2. The quantitative estimate of drug-likeness (QED) is 0.599. The molecule has 1 aromatic carbocycles. The van der Waals surface area contributed by atoms with E-state index >= 15 is 0 Å². The Morgan fingerprint density at radius 1 is 1.36 bits per heavy atom. The molecule has 5 nitrogen and oxygen atoms in total. The molecule has 0 aliphatic carbocycles. The van der Waals surface area contributed by atoms with Crippen LogP contribution in [-0.4, -0.2) is 41.6 Å². The molecule has 0 unspecified atom stereocenters. The predicted molar refractivity (Wildman–Crippen MR) is 91.7 cm³/mol. The number of carboxylic acids is 1. The minimum absolute atomic E-state index is 0.285. The van der Waals surface area contributed by atoms with Crippen LogP contribution in [0.1, 0.15) is 12.5 Å². The molecule has 122 valence electrons. The lowest BCUT2D eigenvalue weighted by Gasteiger charge is -2.16. The van der Waals surface area contributed by atoms with Gasteiger partial charge < -0.3 is 15.2 Å². The zero-order valence-electron chi connectivity index (χ0n) is 12.6. The topological polar surface area (TPSA) is 75.6 Å². The Bertz CT molecular complexity index is 493. The van der Waals surface area contributed by atoms with Crippen molar-refractivity contribution in [2.45, 2.75) is 18.7 Å². The molecule has 0 saturated heterocycles. The summed E-state index contributed by atoms with van der Waals surface area (Å²) in [4.78, 5) is 23.0. The Morgan fingerprint density at radius 2 is 2.00 bits per heavy atom. The Balaban J connectivity index is 2.47. The molecule has 7 heteroatoms. The van der Waals surface area contributed by atoms with Crippen molar-refractivity contribution in [1.29, 1.82) is 0 Å². The van der Waals surface area contributed by atoms with Crippen molar-refractivity contribution in [2.75, 3.05) is 18.6 Å². The van der Waals surface area contributed by atoms with Crippen molar-refractivity contribution >= 4 is 36.3 Å². The van der Waals surface area contributed by atoms with Crippen LogP contribution >= 0.6 is 24.4 Å². The normalized spacial score (nSPS) is 13.2. The zero-order chi connectivity index (χ0) is 16.5. The van der Waals surface area contributed by atoms with Gasteiger partial charge in [0, 0.05) is 23.2 Å². The minimum Gasteiger partial charge on any atom is -0.497 e. The third-order valence-electron chi connectivity index (χ3n) is 3.05. The first kappa shape index (κ1) is 18.7. The molecule has 0 aromatic heterocycles. The van der Waals surface area contributed by atoms with Gasteiger partial charge in [-0.05, 0) is 17.7 Å². The second kappa shape index (κ2) is 9.63. The summed E-state index contributed by atoms with van der Waals surface area (Å²) in [5.74, 6) is 0.534. The van der Waals surface area contributed by atoms with Crippen LogP contribution in [0, 0.1) is 5.92 Å². The summed E-state index contributed by atoms with van der Waals surface area (Å²) in [6.07, 6.45) is 0. The summed E-state index contributed by atoms with van der Waals surface area (Å²) in [6, 6.07) is 6.70. The number of thioether (sulfide) groups is 1. The number of hydrogen-bond acceptors (Lipinski definition) is 5. The van der Waals surface area contributed by atoms with Gasteiger partial charge in [0.05, 0.1) is 7.11 Å². The van der Waals surface area contributed by atoms with Gasteiger partial charge >= 0.3 is 5.97 Å². The highest BCUT2D eigenvalue weighted by Crippen LogP contribution is 2.17. The molecule has 1 rings (SSSR count). The zero-order valence-corrected chi connectivity index (χ0v) is 14.3. The lowest BCUT2D eigenvalue weighted by Crippen LogP contribution is -2.45. The molecule has 0 fully saturated rings. The average molecular weight is 343 g/mol. The Kier molecular flexibility index (Phi) is 8.19. The number of methoxy groups -OCH3 is 1. The summed E-state index contributed by atoms with van der Waals surface area (Å²) in [7, 11) is 1.61. The van der Waals surface area contributed by atoms with E-state index in [4.69, 9.17) is 4.74 Å². The number of carboxylic acid groups (broad SMARTS) is 1. The van der Waals surface area contributed by atoms with E-state index in [1.165, 1.54) is 11.8 Å². The summed E-state index contributed by atoms with van der Waals surface area (Å²) < 4.78 is 5.08. The number of hydrogen-bond donors (Lipinski definition) is 3. The van der Waals surface area contributed by atoms with E-state index in [0.29, 0.717) is 17.3 Å². The van der Waals surface area contributed by atoms with Crippen molar-refractivity contribution in [3.63, 3.8) is 0 Å². The fourth-order valence-corrected chi connectivity index (χ4v) is 2.76. The van der Waals surface area contributed by atoms with Crippen LogP contribution in [0.25, 0.3) is 0 Å². The summed E-state index contributed by atoms with van der Waals surface area (Å²) >= 11 is 5.50. The number of carbonyl (C=O) groups excluding carboxylic acids is 1. The number of rotatable bonds is 9. The number of aliphatic carboxylic acids is 1. The van der Waals surface area contributed by atoms with Gasteiger partial charge in [0.2, 0.25) is 5.91 Å². The smallest absolute Gasteiger partial charge is 0.327 e. The third-order valence-corrected chi connectivity index (χ3v) is 4.70. The maximum atomic E-state index is 11.7. The highest BCUT2D eigenvalue weighted by Gasteiger charge is 2.22. The molecule has 0 radical (unpaired) electrons. The molecule has 2 atom stereocenters. The van der Waals surface area contributed by atoms with Gasteiger partial charge in [-0.25, -0.2) is 4.79 Å². The van der Waals surface area contributed by atoms with Crippen LogP contribution in [0.5, 0.6) is 5.75 Å². The Labute approximate surface area is 140 Å². The molecule has 0 aliphatic rings. The number of amides is 1. The summed E-state index contributed by atoms with van der Waals surface area (Å²) in [5.41, 5.74) is 1.07. The van der Waals surface area contributed by atoms with Crippen molar-refractivity contribution in [1.82, 2.24) is 5.32 Å². The molecule has 0 bridgehead atoms. The fraction of sp³-hybridized carbons (Fsp3) is 0.467. The maximum Gasteiger partial charge on any atom is 0.327 e. The van der Waals surface area contributed by atoms with E-state index in [9.17, 15) is 14.7 Å². The van der Waals surface area contributed by atoms with Crippen molar-refractivity contribution in [3.8, 4) is 5.75 Å². The first-order valence-corrected chi connectivity index (χ1v) is 8.61. The van der Waals surface area contributed by atoms with Gasteiger partial charge in [-0.1, -0.05) is 19.1 Å². The van der Waals surface area contributed by atoms with Crippen LogP contribution < -0.4 is 10.1 Å². The molecule has 2 N–H and O–H groups in total. The van der Waals surface area contributed by atoms with E-state index in [2.05, 4.69) is 17.9 Å². The van der Waals surface area contributed by atoms with Crippen molar-refractivity contribution < 1.29 is 19.4 Å². The Morgan fingerprint density at radius 3 is 2.50 bits per heavy atom. The summed E-state index contributed by atoms with van der Waals surface area (Å²) in [6.45, 7) is 1.71. The van der Waals surface area contributed by atoms with Crippen molar-refractivity contribution in [2.24, 2.45) is 5.92 Å². The molecule has 0 saturated carbocycles. The molecule has 1 aromatic rings. The van der Waals surface area contributed by atoms with Gasteiger partial charge in [-0.3, -0.25) is 4.79 Å². The minimum atomic E-state index is -1.03. The number of nitrogens with one attached hydrogen (secondary N) is 1. The van der Waals surface area contributed by atoms with E-state index in [0.717, 1.165) is 11.3 Å². The number of benzene rings is 1.